The van der Waals surface area contributed by atoms with E-state index in [1.54, 1.807) is 32.7 Å². The Morgan fingerprint density at radius 2 is 1.65 bits per heavy atom. The Morgan fingerprint density at radius 3 is 2.26 bits per heavy atom. The molecule has 0 atom stereocenters. The lowest BCUT2D eigenvalue weighted by Gasteiger charge is -2.33. The average Bonchev–Trinajstić information content (AvgIpc) is 3.05. The van der Waals surface area contributed by atoms with E-state index in [0.29, 0.717) is 31.9 Å². The van der Waals surface area contributed by atoms with Gasteiger partial charge in [0, 0.05) is 45.0 Å². The van der Waals surface area contributed by atoms with Gasteiger partial charge >= 0.3 is 0 Å². The van der Waals surface area contributed by atoms with Crippen LogP contribution in [0.2, 0.25) is 0 Å². The number of halogens is 1. The summed E-state index contributed by atoms with van der Waals surface area (Å²) in [7, 11) is 0. The molecule has 0 spiro atoms. The van der Waals surface area contributed by atoms with Crippen molar-refractivity contribution >= 4 is 11.8 Å². The second-order valence-electron chi connectivity index (χ2n) is 5.44. The number of hydrogen-bond acceptors (Lipinski definition) is 3. The molecule has 0 radical (unpaired) electrons. The van der Waals surface area contributed by atoms with Gasteiger partial charge in [0.15, 0.2) is 0 Å². The van der Waals surface area contributed by atoms with E-state index < -0.39 is 0 Å². The molecule has 0 saturated carbocycles. The molecule has 120 valence electrons. The molecule has 0 bridgehead atoms. The largest absolute Gasteiger partial charge is 0.339 e. The van der Waals surface area contributed by atoms with E-state index in [0.717, 1.165) is 5.69 Å². The quantitative estimate of drug-likeness (QED) is 0.839. The minimum absolute atomic E-state index is 0.0256. The predicted molar refractivity (Wildman–Crippen MR) is 81.7 cm³/mol. The molecule has 2 heterocycles. The van der Waals surface area contributed by atoms with Crippen molar-refractivity contribution in [3.05, 3.63) is 48.3 Å². The van der Waals surface area contributed by atoms with Crippen molar-refractivity contribution in [1.29, 1.82) is 0 Å². The Balaban J connectivity index is 1.69. The number of imidazole rings is 1. The van der Waals surface area contributed by atoms with Gasteiger partial charge in [0.05, 0.1) is 0 Å². The van der Waals surface area contributed by atoms with Gasteiger partial charge in [0.25, 0.3) is 5.91 Å². The summed E-state index contributed by atoms with van der Waals surface area (Å²) in [5, 5.41) is 0. The Morgan fingerprint density at radius 1 is 1.04 bits per heavy atom. The Hall–Kier alpha value is -2.70. The van der Waals surface area contributed by atoms with Crippen LogP contribution in [0.3, 0.4) is 0 Å². The third-order valence-electron chi connectivity index (χ3n) is 3.94. The fourth-order valence-corrected chi connectivity index (χ4v) is 2.57. The van der Waals surface area contributed by atoms with Gasteiger partial charge in [-0.15, -0.1) is 0 Å². The molecule has 1 aromatic heterocycles. The lowest BCUT2D eigenvalue weighted by atomic mass is 10.3. The maximum Gasteiger partial charge on any atom is 0.274 e. The second-order valence-corrected chi connectivity index (χ2v) is 5.44. The van der Waals surface area contributed by atoms with Gasteiger partial charge in [-0.3, -0.25) is 9.59 Å². The zero-order valence-electron chi connectivity index (χ0n) is 12.8. The predicted octanol–water partition coefficient (Wildman–Crippen LogP) is 1.32. The molecule has 23 heavy (non-hydrogen) atoms. The number of amides is 2. The Bertz CT molecular complexity index is 718. The third kappa shape index (κ3) is 3.23. The van der Waals surface area contributed by atoms with Gasteiger partial charge in [-0.2, -0.15) is 0 Å². The molecule has 3 rings (SSSR count). The highest BCUT2D eigenvalue weighted by molar-refractivity contribution is 5.92. The van der Waals surface area contributed by atoms with Crippen LogP contribution in [0.1, 0.15) is 17.4 Å². The monoisotopic (exact) mass is 316 g/mol. The van der Waals surface area contributed by atoms with E-state index in [-0.39, 0.29) is 17.6 Å². The first-order valence-electron chi connectivity index (χ1n) is 7.39. The van der Waals surface area contributed by atoms with Crippen molar-refractivity contribution in [2.75, 3.05) is 26.2 Å². The number of hydrogen-bond donors (Lipinski definition) is 0. The zero-order chi connectivity index (χ0) is 16.4. The van der Waals surface area contributed by atoms with E-state index in [2.05, 4.69) is 4.98 Å². The number of rotatable bonds is 2. The minimum Gasteiger partial charge on any atom is -0.339 e. The van der Waals surface area contributed by atoms with Crippen molar-refractivity contribution < 1.29 is 14.0 Å². The molecular weight excluding hydrogens is 299 g/mol. The number of benzene rings is 1. The molecule has 1 aromatic carbocycles. The molecule has 0 aliphatic carbocycles. The first kappa shape index (κ1) is 15.2. The fraction of sp³-hybridized carbons (Fsp3) is 0.312. The lowest BCUT2D eigenvalue weighted by molar-refractivity contribution is -0.130. The molecule has 2 aromatic rings. The van der Waals surface area contributed by atoms with Crippen molar-refractivity contribution in [1.82, 2.24) is 19.4 Å². The second kappa shape index (κ2) is 6.20. The molecule has 0 N–H and O–H groups in total. The van der Waals surface area contributed by atoms with Crippen molar-refractivity contribution in [2.45, 2.75) is 6.92 Å². The van der Waals surface area contributed by atoms with Gasteiger partial charge in [0.1, 0.15) is 17.8 Å². The first-order valence-corrected chi connectivity index (χ1v) is 7.39. The summed E-state index contributed by atoms with van der Waals surface area (Å²) >= 11 is 0. The molecule has 1 saturated heterocycles. The van der Waals surface area contributed by atoms with Crippen LogP contribution in [0.25, 0.3) is 5.69 Å². The highest BCUT2D eigenvalue weighted by Crippen LogP contribution is 2.12. The molecule has 1 aliphatic heterocycles. The topological polar surface area (TPSA) is 58.4 Å². The fourth-order valence-electron chi connectivity index (χ4n) is 2.57. The van der Waals surface area contributed by atoms with Crippen molar-refractivity contribution in [3.8, 4) is 5.69 Å². The van der Waals surface area contributed by atoms with Crippen molar-refractivity contribution in [3.63, 3.8) is 0 Å². The van der Waals surface area contributed by atoms with E-state index in [1.165, 1.54) is 25.4 Å². The molecule has 7 heteroatoms. The lowest BCUT2D eigenvalue weighted by Crippen LogP contribution is -2.50. The first-order chi connectivity index (χ1) is 11.0. The van der Waals surface area contributed by atoms with Crippen LogP contribution in [0, 0.1) is 5.82 Å². The summed E-state index contributed by atoms with van der Waals surface area (Å²) in [6, 6.07) is 5.96. The Kier molecular flexibility index (Phi) is 4.10. The van der Waals surface area contributed by atoms with Gasteiger partial charge in [-0.05, 0) is 24.3 Å². The smallest absolute Gasteiger partial charge is 0.274 e. The number of nitrogens with zero attached hydrogens (tertiary/aromatic N) is 4. The van der Waals surface area contributed by atoms with Crippen LogP contribution < -0.4 is 0 Å². The van der Waals surface area contributed by atoms with Crippen LogP contribution in [0.4, 0.5) is 4.39 Å². The Labute approximate surface area is 133 Å². The summed E-state index contributed by atoms with van der Waals surface area (Å²) in [6.07, 6.45) is 3.17. The molecule has 1 aliphatic rings. The average molecular weight is 316 g/mol. The number of carbonyl (C=O) groups excluding carboxylic acids is 2. The summed E-state index contributed by atoms with van der Waals surface area (Å²) < 4.78 is 14.6. The highest BCUT2D eigenvalue weighted by Gasteiger charge is 2.24. The molecular formula is C16H17FN4O2. The SMILES string of the molecule is CC(=O)N1CCN(C(=O)c2cn(-c3ccc(F)cc3)cn2)CC1. The zero-order valence-corrected chi connectivity index (χ0v) is 12.8. The van der Waals surface area contributed by atoms with Gasteiger partial charge in [-0.1, -0.05) is 0 Å². The van der Waals surface area contributed by atoms with Gasteiger partial charge in [0.2, 0.25) is 5.91 Å². The van der Waals surface area contributed by atoms with E-state index in [1.807, 2.05) is 0 Å². The minimum atomic E-state index is -0.312. The summed E-state index contributed by atoms with van der Waals surface area (Å²) in [6.45, 7) is 3.62. The maximum absolute atomic E-state index is 13.0. The van der Waals surface area contributed by atoms with Crippen LogP contribution in [-0.4, -0.2) is 57.3 Å². The summed E-state index contributed by atoms with van der Waals surface area (Å²) in [5.74, 6) is -0.444. The number of piperazine rings is 1. The normalized spacial score (nSPS) is 14.9. The summed E-state index contributed by atoms with van der Waals surface area (Å²) in [5.41, 5.74) is 1.07. The van der Waals surface area contributed by atoms with Gasteiger partial charge < -0.3 is 14.4 Å². The van der Waals surface area contributed by atoms with Gasteiger partial charge in [-0.25, -0.2) is 9.37 Å². The van der Waals surface area contributed by atoms with E-state index in [4.69, 9.17) is 0 Å². The van der Waals surface area contributed by atoms with E-state index >= 15 is 0 Å². The number of aromatic nitrogens is 2. The maximum atomic E-state index is 13.0. The van der Waals surface area contributed by atoms with Crippen molar-refractivity contribution in [2.24, 2.45) is 0 Å². The molecule has 1 fully saturated rings. The number of carbonyl (C=O) groups is 2. The highest BCUT2D eigenvalue weighted by atomic mass is 19.1. The third-order valence-corrected chi connectivity index (χ3v) is 3.94. The van der Waals surface area contributed by atoms with Crippen LogP contribution in [0.15, 0.2) is 36.8 Å². The summed E-state index contributed by atoms with van der Waals surface area (Å²) in [4.78, 5) is 31.3. The standard InChI is InChI=1S/C16H17FN4O2/c1-12(22)19-6-8-20(9-7-19)16(23)15-10-21(11-18-15)14-4-2-13(17)3-5-14/h2-5,10-11H,6-9H2,1H3. The molecule has 2 amide bonds. The van der Waals surface area contributed by atoms with Crippen LogP contribution in [-0.2, 0) is 4.79 Å². The van der Waals surface area contributed by atoms with Crippen LogP contribution in [0.5, 0.6) is 0 Å². The molecule has 6 nitrogen and oxygen atoms in total. The van der Waals surface area contributed by atoms with E-state index in [9.17, 15) is 14.0 Å². The van der Waals surface area contributed by atoms with Crippen LogP contribution >= 0.6 is 0 Å². The molecule has 0 unspecified atom stereocenters.